The predicted molar refractivity (Wildman–Crippen MR) is 115 cm³/mol. The van der Waals surface area contributed by atoms with E-state index in [-0.39, 0.29) is 5.91 Å². The Balaban J connectivity index is 1.47. The van der Waals surface area contributed by atoms with Gasteiger partial charge in [-0.05, 0) is 43.7 Å². The van der Waals surface area contributed by atoms with Crippen molar-refractivity contribution in [1.82, 2.24) is 9.97 Å². The number of amides is 1. The fourth-order valence-corrected chi connectivity index (χ4v) is 4.63. The molecular weight excluding hydrogens is 402 g/mol. The van der Waals surface area contributed by atoms with E-state index >= 15 is 0 Å². The van der Waals surface area contributed by atoms with E-state index in [0.717, 1.165) is 27.9 Å². The van der Waals surface area contributed by atoms with Gasteiger partial charge in [0.2, 0.25) is 0 Å². The minimum Gasteiger partial charge on any atom is -0.490 e. The summed E-state index contributed by atoms with van der Waals surface area (Å²) in [4.78, 5) is 23.6. The number of ether oxygens (including phenoxy) is 2. The fraction of sp³-hybridized carbons (Fsp3) is 0.227. The third kappa shape index (κ3) is 3.29. The lowest BCUT2D eigenvalue weighted by Crippen LogP contribution is -2.11. The van der Waals surface area contributed by atoms with Crippen LogP contribution in [0.3, 0.4) is 0 Å². The van der Waals surface area contributed by atoms with Crippen molar-refractivity contribution >= 4 is 33.1 Å². The second kappa shape index (κ2) is 7.46. The summed E-state index contributed by atoms with van der Waals surface area (Å²) in [5, 5.41) is 3.86. The van der Waals surface area contributed by atoms with Crippen LogP contribution in [0.1, 0.15) is 27.3 Å². The molecule has 0 radical (unpaired) electrons. The molecule has 4 aromatic rings. The Bertz CT molecular complexity index is 1250. The van der Waals surface area contributed by atoms with E-state index in [1.807, 2.05) is 32.0 Å². The van der Waals surface area contributed by atoms with Crippen molar-refractivity contribution in [2.24, 2.45) is 0 Å². The number of hydrogen-bond acceptors (Lipinski definition) is 7. The molecule has 1 aromatic carbocycles. The number of carbonyl (C=O) groups is 1. The molecule has 1 aliphatic heterocycles. The minimum absolute atomic E-state index is 0.191. The summed E-state index contributed by atoms with van der Waals surface area (Å²) >= 11 is 1.35. The van der Waals surface area contributed by atoms with Gasteiger partial charge >= 0.3 is 0 Å². The van der Waals surface area contributed by atoms with Crippen molar-refractivity contribution in [2.45, 2.75) is 20.3 Å². The quantitative estimate of drug-likeness (QED) is 0.502. The van der Waals surface area contributed by atoms with Crippen molar-refractivity contribution in [2.75, 3.05) is 18.5 Å². The maximum atomic E-state index is 13.0. The summed E-state index contributed by atoms with van der Waals surface area (Å²) in [5.74, 6) is 2.26. The summed E-state index contributed by atoms with van der Waals surface area (Å²) in [7, 11) is 0. The van der Waals surface area contributed by atoms with E-state index in [1.54, 1.807) is 18.4 Å². The Morgan fingerprint density at radius 1 is 1.10 bits per heavy atom. The SMILES string of the molecule is Cc1nc(-c2ccco2)nc2sc(C(=O)Nc3ccc4c(c3)OCCCO4)c(C)c12. The number of thiophene rings is 1. The first-order chi connectivity index (χ1) is 14.6. The Hall–Kier alpha value is -3.39. The first kappa shape index (κ1) is 18.6. The van der Waals surface area contributed by atoms with Gasteiger partial charge in [0.05, 0.1) is 30.0 Å². The molecule has 0 saturated heterocycles. The van der Waals surface area contributed by atoms with E-state index in [4.69, 9.17) is 13.9 Å². The van der Waals surface area contributed by atoms with E-state index in [9.17, 15) is 4.79 Å². The van der Waals surface area contributed by atoms with E-state index in [1.165, 1.54) is 11.3 Å². The van der Waals surface area contributed by atoms with Crippen LogP contribution in [0, 0.1) is 13.8 Å². The van der Waals surface area contributed by atoms with Crippen molar-refractivity contribution in [1.29, 1.82) is 0 Å². The highest BCUT2D eigenvalue weighted by Crippen LogP contribution is 2.35. The topological polar surface area (TPSA) is 86.5 Å². The summed E-state index contributed by atoms with van der Waals surface area (Å²) in [5.41, 5.74) is 2.33. The molecule has 1 amide bonds. The summed E-state index contributed by atoms with van der Waals surface area (Å²) in [6, 6.07) is 9.04. The van der Waals surface area contributed by atoms with Crippen LogP contribution in [-0.2, 0) is 0 Å². The largest absolute Gasteiger partial charge is 0.490 e. The van der Waals surface area contributed by atoms with Crippen molar-refractivity contribution in [3.05, 3.63) is 52.7 Å². The number of nitrogens with one attached hydrogen (secondary N) is 1. The average molecular weight is 421 g/mol. The highest BCUT2D eigenvalue weighted by molar-refractivity contribution is 7.20. The molecular formula is C22H19N3O4S. The first-order valence-corrected chi connectivity index (χ1v) is 10.4. The molecule has 0 bridgehead atoms. The standard InChI is InChI=1S/C22H19N3O4S/c1-12-18-13(2)23-20(16-5-3-8-28-16)25-22(18)30-19(12)21(26)24-14-6-7-15-17(11-14)29-10-4-9-27-15/h3,5-8,11H,4,9-10H2,1-2H3,(H,24,26). The molecule has 5 rings (SSSR count). The lowest BCUT2D eigenvalue weighted by Gasteiger charge is -2.10. The molecule has 0 aliphatic carbocycles. The second-order valence-corrected chi connectivity index (χ2v) is 8.01. The molecule has 7 nitrogen and oxygen atoms in total. The van der Waals surface area contributed by atoms with E-state index in [2.05, 4.69) is 15.3 Å². The molecule has 8 heteroatoms. The van der Waals surface area contributed by atoms with Gasteiger partial charge in [-0.2, -0.15) is 0 Å². The van der Waals surface area contributed by atoms with Gasteiger partial charge in [-0.3, -0.25) is 4.79 Å². The number of aryl methyl sites for hydroxylation is 2. The van der Waals surface area contributed by atoms with Crippen LogP contribution in [0.5, 0.6) is 11.5 Å². The number of nitrogens with zero attached hydrogens (tertiary/aromatic N) is 2. The van der Waals surface area contributed by atoms with E-state index in [0.29, 0.717) is 46.9 Å². The number of aromatic nitrogens is 2. The normalized spacial score (nSPS) is 13.3. The summed E-state index contributed by atoms with van der Waals surface area (Å²) < 4.78 is 16.8. The third-order valence-electron chi connectivity index (χ3n) is 4.92. The van der Waals surface area contributed by atoms with Crippen LogP contribution in [0.15, 0.2) is 41.0 Å². The van der Waals surface area contributed by atoms with Crippen LogP contribution >= 0.6 is 11.3 Å². The zero-order valence-corrected chi connectivity index (χ0v) is 17.3. The lowest BCUT2D eigenvalue weighted by molar-refractivity contribution is 0.103. The zero-order valence-electron chi connectivity index (χ0n) is 16.5. The van der Waals surface area contributed by atoms with Crippen LogP contribution in [0.2, 0.25) is 0 Å². The molecule has 0 fully saturated rings. The molecule has 1 aliphatic rings. The number of hydrogen-bond donors (Lipinski definition) is 1. The van der Waals surface area contributed by atoms with Crippen molar-refractivity contribution in [3.63, 3.8) is 0 Å². The van der Waals surface area contributed by atoms with Gasteiger partial charge in [0.1, 0.15) is 4.83 Å². The zero-order chi connectivity index (χ0) is 20.7. The van der Waals surface area contributed by atoms with Gasteiger partial charge in [-0.1, -0.05) is 0 Å². The molecule has 0 unspecified atom stereocenters. The van der Waals surface area contributed by atoms with Gasteiger partial charge in [0.25, 0.3) is 5.91 Å². The number of benzene rings is 1. The fourth-order valence-electron chi connectivity index (χ4n) is 3.50. The van der Waals surface area contributed by atoms with Crippen LogP contribution in [-0.4, -0.2) is 29.1 Å². The van der Waals surface area contributed by atoms with Gasteiger partial charge in [-0.15, -0.1) is 11.3 Å². The summed E-state index contributed by atoms with van der Waals surface area (Å²) in [6.45, 7) is 5.06. The molecule has 0 spiro atoms. The highest BCUT2D eigenvalue weighted by Gasteiger charge is 2.21. The average Bonchev–Trinajstić information content (AvgIpc) is 3.31. The molecule has 0 saturated carbocycles. The Kier molecular flexibility index (Phi) is 4.63. The maximum Gasteiger partial charge on any atom is 0.266 e. The Morgan fingerprint density at radius 2 is 1.93 bits per heavy atom. The Morgan fingerprint density at radius 3 is 2.73 bits per heavy atom. The first-order valence-electron chi connectivity index (χ1n) is 9.63. The minimum atomic E-state index is -0.191. The Labute approximate surface area is 176 Å². The maximum absolute atomic E-state index is 13.0. The number of anilines is 1. The predicted octanol–water partition coefficient (Wildman–Crippen LogP) is 4.98. The molecule has 0 atom stereocenters. The van der Waals surface area contributed by atoms with E-state index < -0.39 is 0 Å². The van der Waals surface area contributed by atoms with Gasteiger partial charge in [0, 0.05) is 23.6 Å². The second-order valence-electron chi connectivity index (χ2n) is 7.01. The van der Waals surface area contributed by atoms with Crippen LogP contribution < -0.4 is 14.8 Å². The molecule has 30 heavy (non-hydrogen) atoms. The summed E-state index contributed by atoms with van der Waals surface area (Å²) in [6.07, 6.45) is 2.42. The monoisotopic (exact) mass is 421 g/mol. The number of rotatable bonds is 3. The van der Waals surface area contributed by atoms with Crippen molar-refractivity contribution < 1.29 is 18.7 Å². The van der Waals surface area contributed by atoms with Gasteiger partial charge < -0.3 is 19.2 Å². The highest BCUT2D eigenvalue weighted by atomic mass is 32.1. The number of fused-ring (bicyclic) bond motifs is 2. The molecule has 4 heterocycles. The third-order valence-corrected chi connectivity index (χ3v) is 6.11. The van der Waals surface area contributed by atoms with Crippen LogP contribution in [0.25, 0.3) is 21.8 Å². The molecule has 152 valence electrons. The molecule has 3 aromatic heterocycles. The molecule has 1 N–H and O–H groups in total. The van der Waals surface area contributed by atoms with Crippen LogP contribution in [0.4, 0.5) is 5.69 Å². The van der Waals surface area contributed by atoms with Crippen molar-refractivity contribution in [3.8, 4) is 23.1 Å². The number of carbonyl (C=O) groups excluding carboxylic acids is 1. The van der Waals surface area contributed by atoms with Gasteiger partial charge in [0.15, 0.2) is 23.1 Å². The number of furan rings is 1. The van der Waals surface area contributed by atoms with Gasteiger partial charge in [-0.25, -0.2) is 9.97 Å². The lowest BCUT2D eigenvalue weighted by atomic mass is 10.1. The smallest absolute Gasteiger partial charge is 0.266 e.